The summed E-state index contributed by atoms with van der Waals surface area (Å²) in [5, 5.41) is 21.2. The molecule has 4 heterocycles. The van der Waals surface area contributed by atoms with Crippen molar-refractivity contribution in [1.29, 1.82) is 0 Å². The summed E-state index contributed by atoms with van der Waals surface area (Å²) in [4.78, 5) is 27.0. The summed E-state index contributed by atoms with van der Waals surface area (Å²) >= 11 is 0. The lowest BCUT2D eigenvalue weighted by atomic mass is 10.1. The number of benzene rings is 1. The molecule has 0 spiro atoms. The monoisotopic (exact) mass is 460 g/mol. The Morgan fingerprint density at radius 2 is 2.18 bits per heavy atom. The lowest BCUT2D eigenvalue weighted by molar-refractivity contribution is -0.117. The zero-order valence-corrected chi connectivity index (χ0v) is 19.5. The number of hydrogen-bond acceptors (Lipinski definition) is 7. The number of carbonyl (C=O) groups excluding carboxylic acids is 1. The number of anilines is 3. The van der Waals surface area contributed by atoms with Gasteiger partial charge in [-0.3, -0.25) is 14.4 Å². The van der Waals surface area contributed by atoms with Gasteiger partial charge in [-0.05, 0) is 31.9 Å². The number of para-hydroxylation sites is 1. The fourth-order valence-electron chi connectivity index (χ4n) is 4.31. The molecule has 1 unspecified atom stereocenters. The molecule has 0 radical (unpaired) electrons. The minimum atomic E-state index is -0.348. The van der Waals surface area contributed by atoms with Crippen LogP contribution in [0.2, 0.25) is 0 Å². The molecule has 1 saturated heterocycles. The number of amides is 1. The van der Waals surface area contributed by atoms with Crippen molar-refractivity contribution in [2.75, 3.05) is 30.3 Å². The van der Waals surface area contributed by atoms with Gasteiger partial charge in [0, 0.05) is 55.2 Å². The molecule has 0 bridgehead atoms. The quantitative estimate of drug-likeness (QED) is 0.349. The number of nitrogens with zero attached hydrogens (tertiary/aromatic N) is 5. The third-order valence-electron chi connectivity index (χ3n) is 6.18. The molecule has 1 atom stereocenters. The molecule has 10 heteroatoms. The Morgan fingerprint density at radius 3 is 2.91 bits per heavy atom. The van der Waals surface area contributed by atoms with Crippen LogP contribution < -0.4 is 10.6 Å². The molecule has 3 aromatic heterocycles. The van der Waals surface area contributed by atoms with Gasteiger partial charge < -0.3 is 20.7 Å². The Bertz CT molecular complexity index is 1340. The molecule has 4 aromatic rings. The largest absolute Gasteiger partial charge is 0.392 e. The maximum Gasteiger partial charge on any atom is 0.238 e. The van der Waals surface area contributed by atoms with Crippen molar-refractivity contribution < 1.29 is 9.90 Å². The van der Waals surface area contributed by atoms with Crippen molar-refractivity contribution in [3.05, 3.63) is 47.9 Å². The van der Waals surface area contributed by atoms with Gasteiger partial charge in [0.15, 0.2) is 5.82 Å². The summed E-state index contributed by atoms with van der Waals surface area (Å²) < 4.78 is 1.79. The van der Waals surface area contributed by atoms with Crippen molar-refractivity contribution in [3.8, 4) is 11.3 Å². The van der Waals surface area contributed by atoms with Gasteiger partial charge in [-0.15, -0.1) is 0 Å². The Balaban J connectivity index is 1.40. The summed E-state index contributed by atoms with van der Waals surface area (Å²) in [5.74, 6) is 1.04. The van der Waals surface area contributed by atoms with Gasteiger partial charge in [0.1, 0.15) is 0 Å². The molecule has 176 valence electrons. The number of aromatic amines is 1. The van der Waals surface area contributed by atoms with Crippen LogP contribution in [-0.2, 0) is 11.8 Å². The first-order valence-corrected chi connectivity index (χ1v) is 11.3. The Morgan fingerprint density at radius 1 is 1.32 bits per heavy atom. The number of H-pyrrole nitrogens is 1. The van der Waals surface area contributed by atoms with E-state index < -0.39 is 0 Å². The zero-order valence-electron chi connectivity index (χ0n) is 19.5. The summed E-state index contributed by atoms with van der Waals surface area (Å²) in [7, 11) is 1.89. The first-order valence-electron chi connectivity index (χ1n) is 11.3. The van der Waals surface area contributed by atoms with Crippen LogP contribution in [0, 0.1) is 13.8 Å². The van der Waals surface area contributed by atoms with E-state index >= 15 is 0 Å². The fraction of sp³-hybridized carbons (Fsp3) is 0.333. The number of aliphatic hydroxyl groups is 1. The van der Waals surface area contributed by atoms with Crippen molar-refractivity contribution in [2.24, 2.45) is 7.05 Å². The van der Waals surface area contributed by atoms with E-state index in [0.29, 0.717) is 30.4 Å². The predicted molar refractivity (Wildman–Crippen MR) is 131 cm³/mol. The number of aromatic nitrogens is 5. The van der Waals surface area contributed by atoms with Gasteiger partial charge >= 0.3 is 0 Å². The number of hydrogen-bond donors (Lipinski definition) is 4. The number of aryl methyl sites for hydroxylation is 3. The molecule has 1 aromatic carbocycles. The van der Waals surface area contributed by atoms with Crippen LogP contribution in [-0.4, -0.2) is 66.4 Å². The third kappa shape index (κ3) is 4.37. The minimum Gasteiger partial charge on any atom is -0.392 e. The number of carbonyl (C=O) groups is 1. The third-order valence-corrected chi connectivity index (χ3v) is 6.18. The molecule has 1 aliphatic rings. The molecular weight excluding hydrogens is 432 g/mol. The second-order valence-corrected chi connectivity index (χ2v) is 8.80. The fourth-order valence-corrected chi connectivity index (χ4v) is 4.31. The number of nitrogens with one attached hydrogen (secondary N) is 3. The highest BCUT2D eigenvalue weighted by atomic mass is 16.3. The predicted octanol–water partition coefficient (Wildman–Crippen LogP) is 2.72. The van der Waals surface area contributed by atoms with Crippen LogP contribution in [0.15, 0.2) is 36.7 Å². The number of aliphatic hydroxyl groups excluding tert-OH is 1. The van der Waals surface area contributed by atoms with Crippen LogP contribution in [0.5, 0.6) is 0 Å². The highest BCUT2D eigenvalue weighted by Gasteiger charge is 2.22. The summed E-state index contributed by atoms with van der Waals surface area (Å²) in [6.07, 6.45) is 4.05. The topological polar surface area (TPSA) is 124 Å². The molecule has 10 nitrogen and oxygen atoms in total. The molecule has 5 rings (SSSR count). The summed E-state index contributed by atoms with van der Waals surface area (Å²) in [6, 6.07) is 7.74. The lowest BCUT2D eigenvalue weighted by Crippen LogP contribution is -2.32. The number of rotatable bonds is 6. The molecule has 1 aliphatic heterocycles. The Labute approximate surface area is 197 Å². The molecular formula is C24H28N8O2. The summed E-state index contributed by atoms with van der Waals surface area (Å²) in [6.45, 7) is 5.47. The highest BCUT2D eigenvalue weighted by molar-refractivity contribution is 6.06. The second-order valence-electron chi connectivity index (χ2n) is 8.80. The summed E-state index contributed by atoms with van der Waals surface area (Å²) in [5.41, 5.74) is 5.23. The number of β-amino-alcohol motifs (C(OH)–C–C–N with tert-alkyl or cyclic N) is 1. The maximum absolute atomic E-state index is 12.6. The number of likely N-dealkylation sites (tertiary alicyclic amines) is 1. The van der Waals surface area contributed by atoms with E-state index in [1.807, 2.05) is 56.3 Å². The second kappa shape index (κ2) is 8.88. The minimum absolute atomic E-state index is 0.104. The van der Waals surface area contributed by atoms with Crippen molar-refractivity contribution in [1.82, 2.24) is 29.6 Å². The van der Waals surface area contributed by atoms with E-state index in [9.17, 15) is 9.90 Å². The van der Waals surface area contributed by atoms with Crippen LogP contribution in [0.25, 0.3) is 22.2 Å². The molecule has 1 fully saturated rings. The highest BCUT2D eigenvalue weighted by Crippen LogP contribution is 2.33. The molecule has 0 saturated carbocycles. The van der Waals surface area contributed by atoms with Gasteiger partial charge in [-0.25, -0.2) is 9.97 Å². The standard InChI is InChI=1S/C24H28N8O2/c1-14-10-26-24(28-20-9-15(2)31(3)30-20)29-22(14)18-11-25-23-17(18)5-4-6-19(23)27-21(34)13-32-8-7-16(33)12-32/h4-6,9-11,16,25,33H,7-8,12-13H2,1-3H3,(H,27,34)(H,26,28,29,30). The first-order chi connectivity index (χ1) is 16.4. The van der Waals surface area contributed by atoms with Gasteiger partial charge in [0.05, 0.1) is 29.5 Å². The van der Waals surface area contributed by atoms with E-state index in [1.54, 1.807) is 10.9 Å². The average molecular weight is 461 g/mol. The van der Waals surface area contributed by atoms with E-state index in [0.717, 1.165) is 40.0 Å². The van der Waals surface area contributed by atoms with Crippen LogP contribution in [0.3, 0.4) is 0 Å². The van der Waals surface area contributed by atoms with Gasteiger partial charge in [-0.2, -0.15) is 5.10 Å². The molecule has 0 aliphatic carbocycles. The molecule has 4 N–H and O–H groups in total. The SMILES string of the molecule is Cc1cnc(Nc2cc(C)n(C)n2)nc1-c1c[nH]c2c(NC(=O)CN3CCC(O)C3)cccc12. The Kier molecular flexibility index (Phi) is 5.76. The van der Waals surface area contributed by atoms with Crippen molar-refractivity contribution in [3.63, 3.8) is 0 Å². The van der Waals surface area contributed by atoms with Gasteiger partial charge in [0.25, 0.3) is 0 Å². The van der Waals surface area contributed by atoms with Crippen LogP contribution >= 0.6 is 0 Å². The van der Waals surface area contributed by atoms with Gasteiger partial charge in [-0.1, -0.05) is 12.1 Å². The van der Waals surface area contributed by atoms with E-state index in [1.165, 1.54) is 0 Å². The zero-order chi connectivity index (χ0) is 23.8. The van der Waals surface area contributed by atoms with E-state index in [2.05, 4.69) is 25.7 Å². The first kappa shape index (κ1) is 22.1. The normalized spacial score (nSPS) is 16.3. The van der Waals surface area contributed by atoms with Gasteiger partial charge in [0.2, 0.25) is 11.9 Å². The van der Waals surface area contributed by atoms with Crippen LogP contribution in [0.4, 0.5) is 17.5 Å². The average Bonchev–Trinajstić information content (AvgIpc) is 3.49. The lowest BCUT2D eigenvalue weighted by Gasteiger charge is -2.14. The van der Waals surface area contributed by atoms with Crippen molar-refractivity contribution >= 4 is 34.3 Å². The Hall–Kier alpha value is -3.76. The van der Waals surface area contributed by atoms with Crippen LogP contribution in [0.1, 0.15) is 17.7 Å². The number of fused-ring (bicyclic) bond motifs is 1. The van der Waals surface area contributed by atoms with Crippen molar-refractivity contribution in [2.45, 2.75) is 26.4 Å². The van der Waals surface area contributed by atoms with E-state index in [4.69, 9.17) is 4.98 Å². The van der Waals surface area contributed by atoms with E-state index in [-0.39, 0.29) is 18.6 Å². The maximum atomic E-state index is 12.6. The smallest absolute Gasteiger partial charge is 0.238 e. The molecule has 34 heavy (non-hydrogen) atoms. The molecule has 1 amide bonds.